The molecule has 5 heteroatoms. The third kappa shape index (κ3) is 2.37. The minimum atomic E-state index is -0.0789. The molecule has 1 amide bonds. The van der Waals surface area contributed by atoms with Crippen molar-refractivity contribution in [3.63, 3.8) is 0 Å². The van der Waals surface area contributed by atoms with Crippen LogP contribution >= 0.6 is 11.3 Å². The maximum absolute atomic E-state index is 12.1. The van der Waals surface area contributed by atoms with Gasteiger partial charge in [0.25, 0.3) is 5.91 Å². The Morgan fingerprint density at radius 3 is 2.95 bits per heavy atom. The van der Waals surface area contributed by atoms with E-state index in [4.69, 9.17) is 0 Å². The first-order valence-corrected chi connectivity index (χ1v) is 6.86. The van der Waals surface area contributed by atoms with Crippen molar-refractivity contribution in [1.82, 2.24) is 14.7 Å². The van der Waals surface area contributed by atoms with Gasteiger partial charge in [0.15, 0.2) is 4.96 Å². The third-order valence-corrected chi connectivity index (χ3v) is 3.80. The molecule has 2 aromatic heterocycles. The second kappa shape index (κ2) is 4.85. The van der Waals surface area contributed by atoms with E-state index in [2.05, 4.69) is 10.3 Å². The molecular formula is C14H13N3OS. The zero-order valence-corrected chi connectivity index (χ0v) is 11.3. The second-order valence-corrected chi connectivity index (χ2v) is 5.21. The van der Waals surface area contributed by atoms with Crippen molar-refractivity contribution >= 4 is 22.2 Å². The molecule has 0 radical (unpaired) electrons. The molecule has 0 saturated heterocycles. The van der Waals surface area contributed by atoms with Crippen LogP contribution < -0.4 is 5.32 Å². The summed E-state index contributed by atoms with van der Waals surface area (Å²) in [5, 5.41) is 4.75. The molecule has 0 unspecified atom stereocenters. The van der Waals surface area contributed by atoms with Crippen molar-refractivity contribution in [3.8, 4) is 0 Å². The predicted molar refractivity (Wildman–Crippen MR) is 75.4 cm³/mol. The summed E-state index contributed by atoms with van der Waals surface area (Å²) in [4.78, 5) is 17.1. The Bertz CT molecular complexity index is 712. The summed E-state index contributed by atoms with van der Waals surface area (Å²) in [5.74, 6) is -0.0789. The van der Waals surface area contributed by atoms with Gasteiger partial charge in [-0.15, -0.1) is 11.3 Å². The summed E-state index contributed by atoms with van der Waals surface area (Å²) in [6, 6.07) is 8.13. The van der Waals surface area contributed by atoms with Crippen molar-refractivity contribution in [3.05, 3.63) is 58.9 Å². The van der Waals surface area contributed by atoms with Gasteiger partial charge in [0.2, 0.25) is 0 Å². The van der Waals surface area contributed by atoms with E-state index >= 15 is 0 Å². The number of aryl methyl sites for hydroxylation is 1. The molecule has 0 atom stereocenters. The molecule has 0 saturated carbocycles. The molecule has 0 bridgehead atoms. The number of nitrogens with zero attached hydrogens (tertiary/aromatic N) is 2. The number of fused-ring (bicyclic) bond motifs is 1. The highest BCUT2D eigenvalue weighted by Crippen LogP contribution is 2.14. The number of hydrogen-bond donors (Lipinski definition) is 1. The fourth-order valence-electron chi connectivity index (χ4n) is 1.87. The smallest absolute Gasteiger partial charge is 0.269 e. The number of hydrogen-bond acceptors (Lipinski definition) is 3. The van der Waals surface area contributed by atoms with Crippen molar-refractivity contribution in [2.45, 2.75) is 13.5 Å². The first-order valence-electron chi connectivity index (χ1n) is 5.98. The third-order valence-electron chi connectivity index (χ3n) is 2.95. The number of benzene rings is 1. The van der Waals surface area contributed by atoms with Crippen LogP contribution in [0, 0.1) is 6.92 Å². The summed E-state index contributed by atoms with van der Waals surface area (Å²) in [6.07, 6.45) is 3.50. The van der Waals surface area contributed by atoms with Crippen LogP contribution in [-0.4, -0.2) is 15.3 Å². The summed E-state index contributed by atoms with van der Waals surface area (Å²) in [5.41, 5.74) is 2.94. The van der Waals surface area contributed by atoms with Gasteiger partial charge in [-0.2, -0.15) is 0 Å². The fraction of sp³-hybridized carbons (Fsp3) is 0.143. The number of rotatable bonds is 3. The first kappa shape index (κ1) is 11.9. The van der Waals surface area contributed by atoms with E-state index in [1.807, 2.05) is 36.6 Å². The number of imidazole rings is 1. The normalized spacial score (nSPS) is 10.8. The van der Waals surface area contributed by atoms with Gasteiger partial charge in [0, 0.05) is 24.3 Å². The standard InChI is InChI=1S/C14H13N3OS/c1-10-2-4-11(5-3-10)8-16-13(18)12-9-19-14-15-6-7-17(12)14/h2-7,9H,8H2,1H3,(H,16,18). The molecular weight excluding hydrogens is 258 g/mol. The van der Waals surface area contributed by atoms with Gasteiger partial charge in [0.05, 0.1) is 0 Å². The van der Waals surface area contributed by atoms with E-state index in [9.17, 15) is 4.79 Å². The Kier molecular flexibility index (Phi) is 3.05. The molecule has 0 aliphatic rings. The van der Waals surface area contributed by atoms with Crippen LogP contribution in [0.2, 0.25) is 0 Å². The SMILES string of the molecule is Cc1ccc(CNC(=O)c2csc3nccn23)cc1. The molecule has 3 rings (SSSR count). The van der Waals surface area contributed by atoms with Gasteiger partial charge >= 0.3 is 0 Å². The molecule has 1 aromatic carbocycles. The van der Waals surface area contributed by atoms with Gasteiger partial charge in [0.1, 0.15) is 5.69 Å². The average molecular weight is 271 g/mol. The van der Waals surface area contributed by atoms with Crippen LogP contribution in [-0.2, 0) is 6.54 Å². The van der Waals surface area contributed by atoms with E-state index in [0.29, 0.717) is 12.2 Å². The summed E-state index contributed by atoms with van der Waals surface area (Å²) < 4.78 is 1.80. The van der Waals surface area contributed by atoms with Crippen LogP contribution in [0.5, 0.6) is 0 Å². The zero-order chi connectivity index (χ0) is 13.2. The van der Waals surface area contributed by atoms with Crippen molar-refractivity contribution in [1.29, 1.82) is 0 Å². The van der Waals surface area contributed by atoms with E-state index in [-0.39, 0.29) is 5.91 Å². The Balaban J connectivity index is 1.72. The van der Waals surface area contributed by atoms with Crippen molar-refractivity contribution in [2.24, 2.45) is 0 Å². The Morgan fingerprint density at radius 1 is 1.37 bits per heavy atom. The van der Waals surface area contributed by atoms with Gasteiger partial charge < -0.3 is 5.32 Å². The van der Waals surface area contributed by atoms with Crippen LogP contribution in [0.15, 0.2) is 42.0 Å². The lowest BCUT2D eigenvalue weighted by Crippen LogP contribution is -2.23. The highest BCUT2D eigenvalue weighted by atomic mass is 32.1. The Labute approximate surface area is 114 Å². The number of thiazole rings is 1. The molecule has 4 nitrogen and oxygen atoms in total. The molecule has 19 heavy (non-hydrogen) atoms. The van der Waals surface area contributed by atoms with E-state index in [0.717, 1.165) is 10.5 Å². The molecule has 96 valence electrons. The monoisotopic (exact) mass is 271 g/mol. The van der Waals surface area contributed by atoms with Crippen molar-refractivity contribution < 1.29 is 4.79 Å². The molecule has 0 aliphatic heterocycles. The topological polar surface area (TPSA) is 46.4 Å². The average Bonchev–Trinajstić information content (AvgIpc) is 3.00. The minimum absolute atomic E-state index is 0.0789. The van der Waals surface area contributed by atoms with Crippen LogP contribution in [0.25, 0.3) is 4.96 Å². The molecule has 3 aromatic rings. The van der Waals surface area contributed by atoms with Gasteiger partial charge in [-0.1, -0.05) is 29.8 Å². The Morgan fingerprint density at radius 2 is 2.16 bits per heavy atom. The quantitative estimate of drug-likeness (QED) is 0.796. The highest BCUT2D eigenvalue weighted by molar-refractivity contribution is 7.15. The highest BCUT2D eigenvalue weighted by Gasteiger charge is 2.11. The lowest BCUT2D eigenvalue weighted by molar-refractivity contribution is 0.0945. The molecule has 0 aliphatic carbocycles. The van der Waals surface area contributed by atoms with Crippen LogP contribution in [0.3, 0.4) is 0 Å². The molecule has 2 heterocycles. The number of carbonyl (C=O) groups excluding carboxylic acids is 1. The molecule has 0 spiro atoms. The maximum atomic E-state index is 12.1. The minimum Gasteiger partial charge on any atom is -0.347 e. The number of aromatic nitrogens is 2. The molecule has 1 N–H and O–H groups in total. The van der Waals surface area contributed by atoms with Crippen LogP contribution in [0.1, 0.15) is 21.6 Å². The van der Waals surface area contributed by atoms with Gasteiger partial charge in [-0.05, 0) is 12.5 Å². The Hall–Kier alpha value is -2.14. The summed E-state index contributed by atoms with van der Waals surface area (Å²) in [6.45, 7) is 2.58. The van der Waals surface area contributed by atoms with Gasteiger partial charge in [-0.25, -0.2) is 4.98 Å². The van der Waals surface area contributed by atoms with Gasteiger partial charge in [-0.3, -0.25) is 9.20 Å². The van der Waals surface area contributed by atoms with E-state index in [1.54, 1.807) is 16.8 Å². The lowest BCUT2D eigenvalue weighted by Gasteiger charge is -2.05. The second-order valence-electron chi connectivity index (χ2n) is 4.37. The molecule has 0 fully saturated rings. The van der Waals surface area contributed by atoms with Crippen molar-refractivity contribution in [2.75, 3.05) is 0 Å². The fourth-order valence-corrected chi connectivity index (χ4v) is 2.70. The van der Waals surface area contributed by atoms with Crippen LogP contribution in [0.4, 0.5) is 0 Å². The summed E-state index contributed by atoms with van der Waals surface area (Å²) >= 11 is 1.46. The first-order chi connectivity index (χ1) is 9.24. The number of amides is 1. The maximum Gasteiger partial charge on any atom is 0.269 e. The summed E-state index contributed by atoms with van der Waals surface area (Å²) in [7, 11) is 0. The largest absolute Gasteiger partial charge is 0.347 e. The van der Waals surface area contributed by atoms with E-state index < -0.39 is 0 Å². The predicted octanol–water partition coefficient (Wildman–Crippen LogP) is 2.63. The van der Waals surface area contributed by atoms with E-state index in [1.165, 1.54) is 16.9 Å². The lowest BCUT2D eigenvalue weighted by atomic mass is 10.1. The number of carbonyl (C=O) groups is 1. The zero-order valence-electron chi connectivity index (χ0n) is 10.5. The number of nitrogens with one attached hydrogen (secondary N) is 1.